The standard InChI is InChI=1S/C16H18N6OS/c1-20-5-7-21(8-6-20)14(23)10-12-3-2-4-13(9-12)15-19-22-11-17-18-16(22)24-15/h2-4,9,11H,5-8,10H2,1H3. The lowest BCUT2D eigenvalue weighted by molar-refractivity contribution is -0.132. The van der Waals surface area contributed by atoms with Crippen molar-refractivity contribution in [2.24, 2.45) is 0 Å². The lowest BCUT2D eigenvalue weighted by Gasteiger charge is -2.32. The first-order chi connectivity index (χ1) is 11.7. The summed E-state index contributed by atoms with van der Waals surface area (Å²) in [7, 11) is 2.09. The average molecular weight is 342 g/mol. The van der Waals surface area contributed by atoms with Gasteiger partial charge in [-0.2, -0.15) is 9.61 Å². The third kappa shape index (κ3) is 3.02. The van der Waals surface area contributed by atoms with Gasteiger partial charge in [0.2, 0.25) is 10.9 Å². The Morgan fingerprint density at radius 1 is 1.25 bits per heavy atom. The van der Waals surface area contributed by atoms with Crippen molar-refractivity contribution in [3.05, 3.63) is 36.2 Å². The number of fused-ring (bicyclic) bond motifs is 1. The second kappa shape index (κ2) is 6.29. The van der Waals surface area contributed by atoms with Crippen LogP contribution in [0.3, 0.4) is 0 Å². The lowest BCUT2D eigenvalue weighted by Crippen LogP contribution is -2.47. The Morgan fingerprint density at radius 3 is 2.88 bits per heavy atom. The summed E-state index contributed by atoms with van der Waals surface area (Å²) < 4.78 is 1.67. The van der Waals surface area contributed by atoms with E-state index in [1.165, 1.54) is 11.3 Å². The van der Waals surface area contributed by atoms with Gasteiger partial charge in [-0.05, 0) is 18.7 Å². The maximum atomic E-state index is 12.5. The zero-order valence-corrected chi connectivity index (χ0v) is 14.2. The Balaban J connectivity index is 1.50. The molecular formula is C16H18N6OS. The number of amides is 1. The van der Waals surface area contributed by atoms with Crippen LogP contribution in [0.1, 0.15) is 5.56 Å². The molecule has 0 bridgehead atoms. The van der Waals surface area contributed by atoms with Gasteiger partial charge in [-0.3, -0.25) is 4.79 Å². The molecule has 3 heterocycles. The second-order valence-corrected chi connectivity index (χ2v) is 6.98. The monoisotopic (exact) mass is 342 g/mol. The number of carbonyl (C=O) groups excluding carboxylic acids is 1. The Hall–Kier alpha value is -2.32. The lowest BCUT2D eigenvalue weighted by atomic mass is 10.1. The van der Waals surface area contributed by atoms with Crippen molar-refractivity contribution in [2.75, 3.05) is 33.2 Å². The quantitative estimate of drug-likeness (QED) is 0.715. The fourth-order valence-electron chi connectivity index (χ4n) is 2.83. The maximum Gasteiger partial charge on any atom is 0.234 e. The summed E-state index contributed by atoms with van der Waals surface area (Å²) in [6.07, 6.45) is 2.03. The number of carbonyl (C=O) groups is 1. The maximum absolute atomic E-state index is 12.5. The van der Waals surface area contributed by atoms with Gasteiger partial charge < -0.3 is 9.80 Å². The highest BCUT2D eigenvalue weighted by Crippen LogP contribution is 2.25. The van der Waals surface area contributed by atoms with Crippen molar-refractivity contribution in [3.63, 3.8) is 0 Å². The van der Waals surface area contributed by atoms with E-state index in [4.69, 9.17) is 0 Å². The van der Waals surface area contributed by atoms with Crippen LogP contribution in [0.25, 0.3) is 15.5 Å². The van der Waals surface area contributed by atoms with E-state index in [0.717, 1.165) is 47.3 Å². The van der Waals surface area contributed by atoms with Crippen molar-refractivity contribution in [2.45, 2.75) is 6.42 Å². The summed E-state index contributed by atoms with van der Waals surface area (Å²) >= 11 is 1.49. The van der Waals surface area contributed by atoms with E-state index in [-0.39, 0.29) is 5.91 Å². The summed E-state index contributed by atoms with van der Waals surface area (Å²) in [5.41, 5.74) is 2.02. The molecule has 1 amide bonds. The van der Waals surface area contributed by atoms with Crippen molar-refractivity contribution in [1.82, 2.24) is 29.6 Å². The first kappa shape index (κ1) is 15.2. The van der Waals surface area contributed by atoms with Crippen molar-refractivity contribution < 1.29 is 4.79 Å². The van der Waals surface area contributed by atoms with Gasteiger partial charge in [0.15, 0.2) is 0 Å². The van der Waals surface area contributed by atoms with Crippen LogP contribution in [0.2, 0.25) is 0 Å². The normalized spacial score (nSPS) is 16.0. The van der Waals surface area contributed by atoms with Crippen LogP contribution in [0, 0.1) is 0 Å². The van der Waals surface area contributed by atoms with E-state index in [1.807, 2.05) is 29.2 Å². The van der Waals surface area contributed by atoms with E-state index >= 15 is 0 Å². The van der Waals surface area contributed by atoms with E-state index in [0.29, 0.717) is 6.42 Å². The summed E-state index contributed by atoms with van der Waals surface area (Å²) in [4.78, 5) is 17.5. The van der Waals surface area contributed by atoms with Crippen LogP contribution in [-0.4, -0.2) is 68.7 Å². The highest BCUT2D eigenvalue weighted by molar-refractivity contribution is 7.19. The molecule has 2 aromatic heterocycles. The Kier molecular flexibility index (Phi) is 3.99. The van der Waals surface area contributed by atoms with Crippen molar-refractivity contribution in [1.29, 1.82) is 0 Å². The second-order valence-electron chi connectivity index (χ2n) is 6.03. The number of piperazine rings is 1. The molecule has 7 nitrogen and oxygen atoms in total. The van der Waals surface area contributed by atoms with Gasteiger partial charge in [0.25, 0.3) is 0 Å². The topological polar surface area (TPSA) is 66.6 Å². The Bertz CT molecular complexity index is 836. The summed E-state index contributed by atoms with van der Waals surface area (Å²) in [6.45, 7) is 3.51. The number of likely N-dealkylation sites (N-methyl/N-ethyl adjacent to an activating group) is 1. The van der Waals surface area contributed by atoms with Gasteiger partial charge in [-0.1, -0.05) is 29.5 Å². The molecule has 24 heavy (non-hydrogen) atoms. The van der Waals surface area contributed by atoms with Gasteiger partial charge in [-0.15, -0.1) is 10.2 Å². The first-order valence-corrected chi connectivity index (χ1v) is 8.73. The van der Waals surface area contributed by atoms with Crippen LogP contribution in [0.5, 0.6) is 0 Å². The molecule has 124 valence electrons. The van der Waals surface area contributed by atoms with Gasteiger partial charge in [0.1, 0.15) is 11.3 Å². The third-order valence-corrected chi connectivity index (χ3v) is 5.23. The number of hydrogen-bond donors (Lipinski definition) is 0. The van der Waals surface area contributed by atoms with E-state index < -0.39 is 0 Å². The molecule has 0 spiro atoms. The Morgan fingerprint density at radius 2 is 2.08 bits per heavy atom. The molecule has 1 aromatic carbocycles. The third-order valence-electron chi connectivity index (χ3n) is 4.27. The molecule has 1 aliphatic rings. The van der Waals surface area contributed by atoms with E-state index in [2.05, 4.69) is 27.2 Å². The van der Waals surface area contributed by atoms with Gasteiger partial charge in [-0.25, -0.2) is 0 Å². The number of hydrogen-bond acceptors (Lipinski definition) is 6. The predicted octanol–water partition coefficient (Wildman–Crippen LogP) is 1.17. The Labute approximate surface area is 143 Å². The molecule has 0 N–H and O–H groups in total. The molecule has 1 saturated heterocycles. The predicted molar refractivity (Wildman–Crippen MR) is 91.9 cm³/mol. The minimum Gasteiger partial charge on any atom is -0.340 e. The van der Waals surface area contributed by atoms with Crippen molar-refractivity contribution >= 4 is 22.2 Å². The van der Waals surface area contributed by atoms with Gasteiger partial charge >= 0.3 is 0 Å². The molecule has 0 aliphatic carbocycles. The zero-order chi connectivity index (χ0) is 16.5. The molecule has 0 radical (unpaired) electrons. The molecule has 1 fully saturated rings. The molecule has 1 aliphatic heterocycles. The van der Waals surface area contributed by atoms with Crippen LogP contribution >= 0.6 is 11.3 Å². The fraction of sp³-hybridized carbons (Fsp3) is 0.375. The summed E-state index contributed by atoms with van der Waals surface area (Å²) in [6, 6.07) is 8.03. The average Bonchev–Trinajstić information content (AvgIpc) is 3.17. The molecular weight excluding hydrogens is 324 g/mol. The minimum absolute atomic E-state index is 0.193. The van der Waals surface area contributed by atoms with Crippen LogP contribution in [-0.2, 0) is 11.2 Å². The van der Waals surface area contributed by atoms with Crippen LogP contribution < -0.4 is 0 Å². The number of nitrogens with zero attached hydrogens (tertiary/aromatic N) is 6. The zero-order valence-electron chi connectivity index (χ0n) is 13.4. The largest absolute Gasteiger partial charge is 0.340 e. The van der Waals surface area contributed by atoms with E-state index in [9.17, 15) is 4.79 Å². The van der Waals surface area contributed by atoms with Crippen LogP contribution in [0.4, 0.5) is 0 Å². The highest BCUT2D eigenvalue weighted by Gasteiger charge is 2.19. The van der Waals surface area contributed by atoms with Crippen LogP contribution in [0.15, 0.2) is 30.6 Å². The summed E-state index contributed by atoms with van der Waals surface area (Å²) in [5.74, 6) is 0.193. The molecule has 8 heteroatoms. The number of aromatic nitrogens is 4. The number of rotatable bonds is 3. The summed E-state index contributed by atoms with van der Waals surface area (Å²) in [5, 5.41) is 13.2. The molecule has 3 aromatic rings. The smallest absolute Gasteiger partial charge is 0.234 e. The SMILES string of the molecule is CN1CCN(C(=O)Cc2cccc(-c3nn4cnnc4s3)c2)CC1. The fourth-order valence-corrected chi connectivity index (χ4v) is 3.65. The van der Waals surface area contributed by atoms with Gasteiger partial charge in [0.05, 0.1) is 6.42 Å². The molecule has 0 unspecified atom stereocenters. The number of benzene rings is 1. The van der Waals surface area contributed by atoms with Gasteiger partial charge in [0, 0.05) is 31.7 Å². The minimum atomic E-state index is 0.193. The molecule has 4 rings (SSSR count). The van der Waals surface area contributed by atoms with Crippen molar-refractivity contribution in [3.8, 4) is 10.6 Å². The molecule has 0 saturated carbocycles. The first-order valence-electron chi connectivity index (χ1n) is 7.91. The highest BCUT2D eigenvalue weighted by atomic mass is 32.1. The van der Waals surface area contributed by atoms with E-state index in [1.54, 1.807) is 10.8 Å². The molecule has 0 atom stereocenters.